The van der Waals surface area contributed by atoms with Gasteiger partial charge in [0.2, 0.25) is 0 Å². The highest BCUT2D eigenvalue weighted by atomic mass is 19.4. The Morgan fingerprint density at radius 2 is 1.72 bits per heavy atom. The number of alkyl halides is 3. The smallest absolute Gasteiger partial charge is 0.411 e. The Bertz CT molecular complexity index is 297. The molecule has 0 heterocycles. The predicted molar refractivity (Wildman–Crippen MR) is 56.9 cm³/mol. The molecule has 106 valence electrons. The van der Waals surface area contributed by atoms with Gasteiger partial charge in [0.1, 0.15) is 12.0 Å². The van der Waals surface area contributed by atoms with Gasteiger partial charge in [0.25, 0.3) is 0 Å². The molecule has 0 spiro atoms. The minimum absolute atomic E-state index is 0.139. The second-order valence-corrected chi connectivity index (χ2v) is 4.19. The van der Waals surface area contributed by atoms with Gasteiger partial charge in [0.05, 0.1) is 13.2 Å². The van der Waals surface area contributed by atoms with Crippen molar-refractivity contribution in [1.82, 2.24) is 0 Å². The molecule has 0 unspecified atom stereocenters. The largest absolute Gasteiger partial charge is 0.465 e. The molecule has 4 nitrogen and oxygen atoms in total. The zero-order valence-corrected chi connectivity index (χ0v) is 10.6. The fourth-order valence-corrected chi connectivity index (χ4v) is 1.09. The summed E-state index contributed by atoms with van der Waals surface area (Å²) in [6.45, 7) is 2.71. The van der Waals surface area contributed by atoms with E-state index < -0.39 is 30.0 Å². The fourth-order valence-electron chi connectivity index (χ4n) is 1.09. The lowest BCUT2D eigenvalue weighted by Gasteiger charge is -2.20. The third-order valence-electron chi connectivity index (χ3n) is 2.22. The van der Waals surface area contributed by atoms with Crippen LogP contribution in [0.15, 0.2) is 0 Å². The first-order chi connectivity index (χ1) is 8.11. The van der Waals surface area contributed by atoms with Gasteiger partial charge >= 0.3 is 12.1 Å². The van der Waals surface area contributed by atoms with Crippen LogP contribution >= 0.6 is 0 Å². The molecule has 0 aliphatic heterocycles. The van der Waals surface area contributed by atoms with E-state index in [4.69, 9.17) is 4.74 Å². The minimum Gasteiger partial charge on any atom is -0.465 e. The van der Waals surface area contributed by atoms with Gasteiger partial charge in [-0.2, -0.15) is 13.2 Å². The maximum absolute atomic E-state index is 11.8. The van der Waals surface area contributed by atoms with E-state index in [2.05, 4.69) is 4.74 Å². The van der Waals surface area contributed by atoms with Gasteiger partial charge in [0, 0.05) is 6.42 Å². The van der Waals surface area contributed by atoms with Crippen molar-refractivity contribution in [3.63, 3.8) is 0 Å². The Hall–Kier alpha value is -1.11. The Labute approximate surface area is 103 Å². The molecule has 0 aromatic carbocycles. The van der Waals surface area contributed by atoms with Crippen LogP contribution < -0.4 is 0 Å². The number of rotatable bonds is 7. The number of Topliss-reactive ketones (excluding diaryl/α,β-unsaturated/α-hetero) is 1. The number of halogens is 3. The van der Waals surface area contributed by atoms with Gasteiger partial charge < -0.3 is 9.47 Å². The zero-order chi connectivity index (χ0) is 14.4. The molecule has 0 saturated heterocycles. The van der Waals surface area contributed by atoms with E-state index >= 15 is 0 Å². The molecule has 0 amide bonds. The molecular formula is C11H17F3O4. The molecule has 0 aromatic heterocycles. The average Bonchev–Trinajstić information content (AvgIpc) is 2.22. The molecule has 0 rings (SSSR count). The molecule has 7 heteroatoms. The second kappa shape index (κ2) is 6.72. The Morgan fingerprint density at radius 3 is 2.17 bits per heavy atom. The van der Waals surface area contributed by atoms with Crippen LogP contribution in [0.5, 0.6) is 0 Å². The fraction of sp³-hybridized carbons (Fsp3) is 0.818. The van der Waals surface area contributed by atoms with E-state index in [1.54, 1.807) is 6.92 Å². The second-order valence-electron chi connectivity index (χ2n) is 4.19. The third kappa shape index (κ3) is 6.00. The van der Waals surface area contributed by atoms with Crippen LogP contribution in [0.25, 0.3) is 0 Å². The summed E-state index contributed by atoms with van der Waals surface area (Å²) in [5, 5.41) is 0. The summed E-state index contributed by atoms with van der Waals surface area (Å²) in [4.78, 5) is 23.1. The van der Waals surface area contributed by atoms with Crippen LogP contribution in [0.4, 0.5) is 13.2 Å². The Balaban J connectivity index is 4.12. The quantitative estimate of drug-likeness (QED) is 0.404. The molecule has 0 N–H and O–H groups in total. The number of ketones is 1. The maximum atomic E-state index is 11.8. The summed E-state index contributed by atoms with van der Waals surface area (Å²) in [6.07, 6.45) is -4.68. The average molecular weight is 270 g/mol. The summed E-state index contributed by atoms with van der Waals surface area (Å²) in [6, 6.07) is 0. The van der Waals surface area contributed by atoms with Crippen LogP contribution in [-0.2, 0) is 19.1 Å². The van der Waals surface area contributed by atoms with Crippen molar-refractivity contribution in [2.45, 2.75) is 33.4 Å². The summed E-state index contributed by atoms with van der Waals surface area (Å²) in [5.41, 5.74) is -1.36. The summed E-state index contributed by atoms with van der Waals surface area (Å²) >= 11 is 0. The van der Waals surface area contributed by atoms with E-state index in [1.165, 1.54) is 13.8 Å². The monoisotopic (exact) mass is 270 g/mol. The molecule has 0 aliphatic rings. The number of esters is 1. The lowest BCUT2D eigenvalue weighted by Crippen LogP contribution is -2.35. The highest BCUT2D eigenvalue weighted by Crippen LogP contribution is 2.21. The predicted octanol–water partition coefficient (Wildman–Crippen LogP) is 2.11. The normalized spacial score (nSPS) is 12.3. The lowest BCUT2D eigenvalue weighted by atomic mass is 9.86. The van der Waals surface area contributed by atoms with Gasteiger partial charge in [-0.15, -0.1) is 0 Å². The molecule has 0 atom stereocenters. The highest BCUT2D eigenvalue weighted by Gasteiger charge is 2.37. The van der Waals surface area contributed by atoms with Gasteiger partial charge in [-0.1, -0.05) is 0 Å². The first kappa shape index (κ1) is 16.9. The molecule has 0 radical (unpaired) electrons. The Morgan fingerprint density at radius 1 is 1.17 bits per heavy atom. The molecule has 0 bridgehead atoms. The van der Waals surface area contributed by atoms with E-state index in [0.717, 1.165) is 0 Å². The van der Waals surface area contributed by atoms with E-state index in [9.17, 15) is 22.8 Å². The number of carbonyl (C=O) groups is 2. The topological polar surface area (TPSA) is 52.6 Å². The molecular weight excluding hydrogens is 253 g/mol. The molecule has 0 saturated carbocycles. The van der Waals surface area contributed by atoms with Crippen LogP contribution in [0.3, 0.4) is 0 Å². The number of hydrogen-bond donors (Lipinski definition) is 0. The summed E-state index contributed by atoms with van der Waals surface area (Å²) < 4.78 is 44.3. The molecule has 0 aromatic rings. The van der Waals surface area contributed by atoms with Crippen molar-refractivity contribution in [1.29, 1.82) is 0 Å². The van der Waals surface area contributed by atoms with E-state index in [1.807, 2.05) is 0 Å². The third-order valence-corrected chi connectivity index (χ3v) is 2.22. The Kier molecular flexibility index (Phi) is 6.31. The van der Waals surface area contributed by atoms with Crippen LogP contribution in [0.1, 0.15) is 27.2 Å². The van der Waals surface area contributed by atoms with Gasteiger partial charge in [-0.3, -0.25) is 9.59 Å². The summed E-state index contributed by atoms with van der Waals surface area (Å²) in [7, 11) is 0. The van der Waals surface area contributed by atoms with E-state index in [-0.39, 0.29) is 19.6 Å². The first-order valence-electron chi connectivity index (χ1n) is 5.46. The van der Waals surface area contributed by atoms with Crippen LogP contribution in [0.2, 0.25) is 0 Å². The van der Waals surface area contributed by atoms with Crippen LogP contribution in [0, 0.1) is 5.41 Å². The zero-order valence-electron chi connectivity index (χ0n) is 10.6. The van der Waals surface area contributed by atoms with Crippen molar-refractivity contribution in [2.75, 3.05) is 19.8 Å². The first-order valence-corrected chi connectivity index (χ1v) is 5.46. The number of ether oxygens (including phenoxy) is 2. The maximum Gasteiger partial charge on any atom is 0.411 e. The van der Waals surface area contributed by atoms with Crippen LogP contribution in [-0.4, -0.2) is 37.7 Å². The van der Waals surface area contributed by atoms with Crippen molar-refractivity contribution < 1.29 is 32.2 Å². The standard InChI is InChI=1S/C11H17F3O4/c1-4-18-9(16)10(2,3)8(15)5-6-17-7-11(12,13)14/h4-7H2,1-3H3. The molecule has 0 fully saturated rings. The van der Waals surface area contributed by atoms with Crippen molar-refractivity contribution in [2.24, 2.45) is 5.41 Å². The highest BCUT2D eigenvalue weighted by molar-refractivity contribution is 6.02. The van der Waals surface area contributed by atoms with Crippen molar-refractivity contribution in [3.8, 4) is 0 Å². The SMILES string of the molecule is CCOC(=O)C(C)(C)C(=O)CCOCC(F)(F)F. The summed E-state index contributed by atoms with van der Waals surface area (Å²) in [5.74, 6) is -1.20. The minimum atomic E-state index is -4.42. The van der Waals surface area contributed by atoms with Crippen molar-refractivity contribution in [3.05, 3.63) is 0 Å². The lowest BCUT2D eigenvalue weighted by molar-refractivity contribution is -0.175. The number of carbonyl (C=O) groups excluding carboxylic acids is 2. The van der Waals surface area contributed by atoms with Crippen molar-refractivity contribution >= 4 is 11.8 Å². The van der Waals surface area contributed by atoms with Gasteiger partial charge in [-0.05, 0) is 20.8 Å². The van der Waals surface area contributed by atoms with E-state index in [0.29, 0.717) is 0 Å². The molecule has 18 heavy (non-hydrogen) atoms. The van der Waals surface area contributed by atoms with Gasteiger partial charge in [-0.25, -0.2) is 0 Å². The number of hydrogen-bond acceptors (Lipinski definition) is 4. The molecule has 0 aliphatic carbocycles. The van der Waals surface area contributed by atoms with Gasteiger partial charge in [0.15, 0.2) is 5.78 Å².